The summed E-state index contributed by atoms with van der Waals surface area (Å²) in [6, 6.07) is 4.40. The van der Waals surface area contributed by atoms with Crippen molar-refractivity contribution in [3.63, 3.8) is 0 Å². The Morgan fingerprint density at radius 2 is 1.88 bits per heavy atom. The second-order valence-corrected chi connectivity index (χ2v) is 10.2. The Morgan fingerprint density at radius 3 is 2.47 bits per heavy atom. The molecule has 0 radical (unpaired) electrons. The van der Waals surface area contributed by atoms with E-state index >= 15 is 0 Å². The third kappa shape index (κ3) is 3.15. The van der Waals surface area contributed by atoms with Gasteiger partial charge in [0.15, 0.2) is 0 Å². The van der Waals surface area contributed by atoms with E-state index in [1.165, 1.54) is 25.5 Å². The number of aromatic nitrogens is 3. The van der Waals surface area contributed by atoms with Gasteiger partial charge in [-0.05, 0) is 57.1 Å². The lowest BCUT2D eigenvalue weighted by Crippen LogP contribution is -2.43. The first-order chi connectivity index (χ1) is 15.2. The number of nitrogen functional groups attached to an aromatic ring is 1. The SMILES string of the molecule is CC(C)n1nc(-c2cnc(N)c(C(F)(F)F)c2)cc1C1C2CC(N3C[C@H]4C[C@@H]3CO4)CC21. The van der Waals surface area contributed by atoms with Gasteiger partial charge in [-0.2, -0.15) is 18.3 Å². The van der Waals surface area contributed by atoms with Crippen molar-refractivity contribution in [2.75, 3.05) is 18.9 Å². The number of likely N-dealkylation sites (tertiary alicyclic amines) is 1. The zero-order valence-corrected chi connectivity index (χ0v) is 18.2. The van der Waals surface area contributed by atoms with Crippen LogP contribution in [0.3, 0.4) is 0 Å². The van der Waals surface area contributed by atoms with Crippen LogP contribution < -0.4 is 5.73 Å². The van der Waals surface area contributed by atoms with Crippen molar-refractivity contribution in [1.82, 2.24) is 19.7 Å². The Hall–Kier alpha value is -2.13. The molecule has 2 unspecified atom stereocenters. The molecule has 2 aromatic rings. The fourth-order valence-electron chi connectivity index (χ4n) is 6.45. The van der Waals surface area contributed by atoms with Crippen LogP contribution in [0.15, 0.2) is 18.3 Å². The molecule has 4 aliphatic rings. The van der Waals surface area contributed by atoms with Gasteiger partial charge in [-0.1, -0.05) is 0 Å². The second kappa shape index (κ2) is 6.93. The molecule has 2 aliphatic carbocycles. The van der Waals surface area contributed by atoms with Crippen molar-refractivity contribution in [3.8, 4) is 11.3 Å². The van der Waals surface area contributed by atoms with Crippen LogP contribution in [0, 0.1) is 11.8 Å². The van der Waals surface area contributed by atoms with Gasteiger partial charge in [-0.25, -0.2) is 4.98 Å². The number of hydrogen-bond donors (Lipinski definition) is 1. The predicted octanol–water partition coefficient (Wildman–Crippen LogP) is 4.09. The zero-order chi connectivity index (χ0) is 22.4. The molecule has 172 valence electrons. The molecule has 32 heavy (non-hydrogen) atoms. The molecule has 4 heterocycles. The Morgan fingerprint density at radius 1 is 1.12 bits per heavy atom. The summed E-state index contributed by atoms with van der Waals surface area (Å²) in [5.41, 5.74) is 6.58. The summed E-state index contributed by atoms with van der Waals surface area (Å²) in [5, 5.41) is 4.69. The number of ether oxygens (including phenoxy) is 1. The van der Waals surface area contributed by atoms with Crippen molar-refractivity contribution in [2.24, 2.45) is 11.8 Å². The van der Waals surface area contributed by atoms with E-state index in [4.69, 9.17) is 15.6 Å². The van der Waals surface area contributed by atoms with Crippen LogP contribution in [0.4, 0.5) is 19.0 Å². The van der Waals surface area contributed by atoms with Crippen LogP contribution in [0.2, 0.25) is 0 Å². The normalized spacial score (nSPS) is 33.9. The number of hydrogen-bond acceptors (Lipinski definition) is 5. The highest BCUT2D eigenvalue weighted by Gasteiger charge is 2.60. The lowest BCUT2D eigenvalue weighted by atomic mass is 10.0. The van der Waals surface area contributed by atoms with Gasteiger partial charge in [-0.15, -0.1) is 0 Å². The fourth-order valence-corrected chi connectivity index (χ4v) is 6.45. The molecule has 6 rings (SSSR count). The van der Waals surface area contributed by atoms with Crippen molar-refractivity contribution in [2.45, 2.75) is 69.4 Å². The standard InChI is InChI=1S/C23H28F3N5O/c1-11(2)31-20(7-19(29-31)12-3-18(23(24,25)26)22(27)28-8-12)21-16-5-13(6-17(16)21)30-9-15-4-14(30)10-32-15/h3,7-8,11,13-17,21H,4-6,9-10H2,1-2H3,(H2,27,28)/t13?,14-,15-,16?,17?,21?/m1/s1. The molecule has 2 aromatic heterocycles. The first kappa shape index (κ1) is 20.5. The Balaban J connectivity index is 1.24. The van der Waals surface area contributed by atoms with E-state index in [0.29, 0.717) is 47.2 Å². The third-order valence-corrected chi connectivity index (χ3v) is 7.95. The maximum absolute atomic E-state index is 13.3. The molecule has 2 saturated heterocycles. The van der Waals surface area contributed by atoms with E-state index in [0.717, 1.165) is 24.9 Å². The molecule has 9 heteroatoms. The topological polar surface area (TPSA) is 69.2 Å². The second-order valence-electron chi connectivity index (χ2n) is 10.2. The molecule has 2 N–H and O–H groups in total. The van der Waals surface area contributed by atoms with Crippen molar-refractivity contribution in [3.05, 3.63) is 29.6 Å². The lowest BCUT2D eigenvalue weighted by Gasteiger charge is -2.33. The molecule has 2 bridgehead atoms. The number of nitrogens with zero attached hydrogens (tertiary/aromatic N) is 4. The number of nitrogens with two attached hydrogens (primary N) is 1. The number of alkyl halides is 3. The van der Waals surface area contributed by atoms with E-state index in [-0.39, 0.29) is 6.04 Å². The molecular formula is C23H28F3N5O. The van der Waals surface area contributed by atoms with E-state index in [9.17, 15) is 13.2 Å². The van der Waals surface area contributed by atoms with Crippen LogP contribution in [0.25, 0.3) is 11.3 Å². The quantitative estimate of drug-likeness (QED) is 0.765. The summed E-state index contributed by atoms with van der Waals surface area (Å²) in [6.07, 6.45) is 0.827. The zero-order valence-electron chi connectivity index (χ0n) is 18.2. The molecule has 4 fully saturated rings. The Kier molecular flexibility index (Phi) is 4.44. The minimum Gasteiger partial charge on any atom is -0.383 e. The van der Waals surface area contributed by atoms with Gasteiger partial charge < -0.3 is 10.5 Å². The molecule has 0 amide bonds. The summed E-state index contributed by atoms with van der Waals surface area (Å²) in [7, 11) is 0. The molecule has 2 saturated carbocycles. The molecule has 0 aromatic carbocycles. The van der Waals surface area contributed by atoms with Gasteiger partial charge in [0.25, 0.3) is 0 Å². The van der Waals surface area contributed by atoms with Gasteiger partial charge in [0.05, 0.1) is 24.0 Å². The average Bonchev–Trinajstić information content (AvgIpc) is 3.31. The summed E-state index contributed by atoms with van der Waals surface area (Å²) in [5.74, 6) is 1.21. The lowest BCUT2D eigenvalue weighted by molar-refractivity contribution is -0.137. The molecular weight excluding hydrogens is 419 g/mol. The highest BCUT2D eigenvalue weighted by atomic mass is 19.4. The van der Waals surface area contributed by atoms with E-state index < -0.39 is 17.6 Å². The summed E-state index contributed by atoms with van der Waals surface area (Å²) in [6.45, 7) is 6.06. The van der Waals surface area contributed by atoms with Crippen LogP contribution in [-0.2, 0) is 10.9 Å². The number of anilines is 1. The number of morpholine rings is 1. The summed E-state index contributed by atoms with van der Waals surface area (Å²) >= 11 is 0. The van der Waals surface area contributed by atoms with Crippen LogP contribution >= 0.6 is 0 Å². The van der Waals surface area contributed by atoms with Gasteiger partial charge in [0.2, 0.25) is 0 Å². The van der Waals surface area contributed by atoms with Crippen LogP contribution in [0.1, 0.15) is 56.3 Å². The minimum absolute atomic E-state index is 0.131. The molecule has 6 nitrogen and oxygen atoms in total. The number of fused-ring (bicyclic) bond motifs is 3. The fraction of sp³-hybridized carbons (Fsp3) is 0.652. The number of rotatable bonds is 4. The summed E-state index contributed by atoms with van der Waals surface area (Å²) in [4.78, 5) is 6.46. The molecule has 4 atom stereocenters. The Bertz CT molecular complexity index is 1040. The van der Waals surface area contributed by atoms with Crippen molar-refractivity contribution >= 4 is 5.82 Å². The maximum atomic E-state index is 13.3. The van der Waals surface area contributed by atoms with E-state index in [2.05, 4.69) is 23.7 Å². The van der Waals surface area contributed by atoms with Gasteiger partial charge in [0.1, 0.15) is 5.82 Å². The first-order valence-corrected chi connectivity index (χ1v) is 11.5. The largest absolute Gasteiger partial charge is 0.419 e. The monoisotopic (exact) mass is 447 g/mol. The molecule has 0 spiro atoms. The number of pyridine rings is 1. The van der Waals surface area contributed by atoms with Crippen molar-refractivity contribution < 1.29 is 17.9 Å². The van der Waals surface area contributed by atoms with Crippen molar-refractivity contribution in [1.29, 1.82) is 0 Å². The molecule has 2 aliphatic heterocycles. The van der Waals surface area contributed by atoms with Crippen LogP contribution in [-0.4, -0.2) is 51.0 Å². The smallest absolute Gasteiger partial charge is 0.383 e. The predicted molar refractivity (Wildman–Crippen MR) is 113 cm³/mol. The van der Waals surface area contributed by atoms with Gasteiger partial charge in [0, 0.05) is 48.0 Å². The van der Waals surface area contributed by atoms with E-state index in [1.54, 1.807) is 0 Å². The summed E-state index contributed by atoms with van der Waals surface area (Å²) < 4.78 is 47.7. The Labute approximate surface area is 184 Å². The average molecular weight is 448 g/mol. The van der Waals surface area contributed by atoms with Gasteiger partial charge in [-0.3, -0.25) is 9.58 Å². The highest BCUT2D eigenvalue weighted by Crippen LogP contribution is 2.64. The van der Waals surface area contributed by atoms with Gasteiger partial charge >= 0.3 is 6.18 Å². The minimum atomic E-state index is -4.54. The number of halogens is 3. The maximum Gasteiger partial charge on any atom is 0.419 e. The third-order valence-electron chi connectivity index (χ3n) is 7.95. The van der Waals surface area contributed by atoms with Crippen LogP contribution in [0.5, 0.6) is 0 Å². The van der Waals surface area contributed by atoms with E-state index in [1.807, 2.05) is 10.7 Å². The highest BCUT2D eigenvalue weighted by molar-refractivity contribution is 5.63. The first-order valence-electron chi connectivity index (χ1n) is 11.5.